The predicted molar refractivity (Wildman–Crippen MR) is 61.0 cm³/mol. The predicted octanol–water partition coefficient (Wildman–Crippen LogP) is 2.54. The van der Waals surface area contributed by atoms with E-state index in [2.05, 4.69) is 4.74 Å². The third kappa shape index (κ3) is 5.10. The zero-order chi connectivity index (χ0) is 12.7. The Labute approximate surface area is 99.5 Å². The average molecular weight is 245 g/mol. The van der Waals surface area contributed by atoms with Gasteiger partial charge < -0.3 is 15.2 Å². The molecule has 3 nitrogen and oxygen atoms in total. The highest BCUT2D eigenvalue weighted by atomic mass is 19.3. The lowest BCUT2D eigenvalue weighted by molar-refractivity contribution is -0.0514. The maximum absolute atomic E-state index is 12.1. The Morgan fingerprint density at radius 3 is 2.65 bits per heavy atom. The van der Waals surface area contributed by atoms with Crippen LogP contribution in [-0.2, 0) is 11.3 Å². The molecule has 0 aliphatic heterocycles. The number of nitrogens with two attached hydrogens (primary N) is 1. The molecule has 0 heterocycles. The smallest absolute Gasteiger partial charge is 0.387 e. The maximum atomic E-state index is 12.1. The van der Waals surface area contributed by atoms with Crippen LogP contribution in [0, 0.1) is 0 Å². The minimum atomic E-state index is -2.82. The molecule has 0 fully saturated rings. The van der Waals surface area contributed by atoms with Crippen molar-refractivity contribution in [3.05, 3.63) is 29.8 Å². The van der Waals surface area contributed by atoms with Gasteiger partial charge in [0, 0.05) is 11.6 Å². The van der Waals surface area contributed by atoms with Crippen molar-refractivity contribution in [2.45, 2.75) is 32.6 Å². The maximum Gasteiger partial charge on any atom is 0.387 e. The Kier molecular flexibility index (Phi) is 5.86. The third-order valence-corrected chi connectivity index (χ3v) is 2.30. The molecule has 0 aliphatic rings. The van der Waals surface area contributed by atoms with Gasteiger partial charge in [0.1, 0.15) is 5.75 Å². The number of hydrogen-bond donors (Lipinski definition) is 1. The van der Waals surface area contributed by atoms with E-state index in [9.17, 15) is 8.78 Å². The summed E-state index contributed by atoms with van der Waals surface area (Å²) in [7, 11) is 0. The molecule has 17 heavy (non-hydrogen) atoms. The Hall–Kier alpha value is -1.20. The van der Waals surface area contributed by atoms with E-state index in [1.165, 1.54) is 6.07 Å². The molecule has 1 rings (SSSR count). The van der Waals surface area contributed by atoms with E-state index >= 15 is 0 Å². The molecule has 1 atom stereocenters. The molecular formula is C12H17F2NO2. The molecule has 0 radical (unpaired) electrons. The van der Waals surface area contributed by atoms with Crippen molar-refractivity contribution in [2.24, 2.45) is 5.73 Å². The van der Waals surface area contributed by atoms with Crippen LogP contribution in [0.1, 0.15) is 18.9 Å². The second kappa shape index (κ2) is 7.19. The number of rotatable bonds is 7. The Bertz CT molecular complexity index is 334. The van der Waals surface area contributed by atoms with E-state index in [4.69, 9.17) is 10.5 Å². The lowest BCUT2D eigenvalue weighted by Gasteiger charge is -2.12. The summed E-state index contributed by atoms with van der Waals surface area (Å²) >= 11 is 0. The molecule has 5 heteroatoms. The quantitative estimate of drug-likeness (QED) is 0.802. The van der Waals surface area contributed by atoms with Crippen LogP contribution >= 0.6 is 0 Å². The van der Waals surface area contributed by atoms with Gasteiger partial charge in [0.25, 0.3) is 0 Å². The van der Waals surface area contributed by atoms with Crippen LogP contribution in [0.15, 0.2) is 24.3 Å². The van der Waals surface area contributed by atoms with Gasteiger partial charge in [0.15, 0.2) is 0 Å². The summed E-state index contributed by atoms with van der Waals surface area (Å²) in [6, 6.07) is 6.54. The number of benzene rings is 1. The number of para-hydroxylation sites is 1. The lowest BCUT2D eigenvalue weighted by Crippen LogP contribution is -2.24. The van der Waals surface area contributed by atoms with E-state index < -0.39 is 6.61 Å². The Morgan fingerprint density at radius 2 is 2.00 bits per heavy atom. The fourth-order valence-electron chi connectivity index (χ4n) is 1.27. The van der Waals surface area contributed by atoms with Gasteiger partial charge in [-0.1, -0.05) is 25.1 Å². The third-order valence-electron chi connectivity index (χ3n) is 2.30. The minimum absolute atomic E-state index is 0.0295. The lowest BCUT2D eigenvalue weighted by atomic mass is 10.2. The number of ether oxygens (including phenoxy) is 2. The molecule has 0 aliphatic carbocycles. The van der Waals surface area contributed by atoms with Gasteiger partial charge in [0.2, 0.25) is 0 Å². The first-order valence-electron chi connectivity index (χ1n) is 5.49. The summed E-state index contributed by atoms with van der Waals surface area (Å²) in [6.45, 7) is -0.244. The number of hydrogen-bond acceptors (Lipinski definition) is 3. The van der Waals surface area contributed by atoms with Crippen molar-refractivity contribution < 1.29 is 18.3 Å². The monoisotopic (exact) mass is 245 g/mol. The van der Waals surface area contributed by atoms with Crippen molar-refractivity contribution in [1.82, 2.24) is 0 Å². The Balaban J connectivity index is 2.51. The molecule has 2 N–H and O–H groups in total. The number of halogens is 2. The van der Waals surface area contributed by atoms with Gasteiger partial charge >= 0.3 is 6.61 Å². The summed E-state index contributed by atoms with van der Waals surface area (Å²) in [4.78, 5) is 0. The molecule has 0 spiro atoms. The standard InChI is InChI=1S/C12H17F2NO2/c1-2-10(15)8-16-7-9-5-3-4-6-11(9)17-12(13)14/h3-6,10,12H,2,7-8,15H2,1H3/t10-/m0/s1. The van der Waals surface area contributed by atoms with Gasteiger partial charge in [-0.25, -0.2) is 0 Å². The van der Waals surface area contributed by atoms with Crippen LogP contribution in [0.3, 0.4) is 0 Å². The summed E-state index contributed by atoms with van der Waals surface area (Å²) in [6.07, 6.45) is 0.815. The summed E-state index contributed by atoms with van der Waals surface area (Å²) in [5, 5.41) is 0. The zero-order valence-electron chi connectivity index (χ0n) is 9.74. The highest BCUT2D eigenvalue weighted by Gasteiger charge is 2.09. The molecule has 1 aromatic carbocycles. The van der Waals surface area contributed by atoms with Crippen molar-refractivity contribution in [2.75, 3.05) is 6.61 Å². The van der Waals surface area contributed by atoms with Crippen LogP contribution in [0.25, 0.3) is 0 Å². The van der Waals surface area contributed by atoms with Crippen molar-refractivity contribution >= 4 is 0 Å². The van der Waals surface area contributed by atoms with Crippen LogP contribution in [-0.4, -0.2) is 19.3 Å². The molecule has 0 saturated carbocycles. The summed E-state index contributed by atoms with van der Waals surface area (Å²) in [5.41, 5.74) is 6.27. The van der Waals surface area contributed by atoms with Crippen LogP contribution < -0.4 is 10.5 Å². The molecule has 0 amide bonds. The minimum Gasteiger partial charge on any atom is -0.434 e. The van der Waals surface area contributed by atoms with Gasteiger partial charge in [-0.2, -0.15) is 8.78 Å². The highest BCUT2D eigenvalue weighted by molar-refractivity contribution is 5.32. The van der Waals surface area contributed by atoms with Crippen LogP contribution in [0.2, 0.25) is 0 Å². The van der Waals surface area contributed by atoms with E-state index in [-0.39, 0.29) is 18.4 Å². The van der Waals surface area contributed by atoms with Gasteiger partial charge in [-0.05, 0) is 12.5 Å². The second-order valence-corrected chi connectivity index (χ2v) is 3.67. The van der Waals surface area contributed by atoms with E-state index in [1.807, 2.05) is 6.92 Å². The highest BCUT2D eigenvalue weighted by Crippen LogP contribution is 2.20. The van der Waals surface area contributed by atoms with Gasteiger partial charge in [-0.15, -0.1) is 0 Å². The van der Waals surface area contributed by atoms with Crippen molar-refractivity contribution in [1.29, 1.82) is 0 Å². The van der Waals surface area contributed by atoms with Crippen LogP contribution in [0.4, 0.5) is 8.78 Å². The number of alkyl halides is 2. The van der Waals surface area contributed by atoms with Gasteiger partial charge in [0.05, 0.1) is 13.2 Å². The van der Waals surface area contributed by atoms with Gasteiger partial charge in [-0.3, -0.25) is 0 Å². The second-order valence-electron chi connectivity index (χ2n) is 3.67. The molecule has 0 bridgehead atoms. The largest absolute Gasteiger partial charge is 0.434 e. The zero-order valence-corrected chi connectivity index (χ0v) is 9.74. The van der Waals surface area contributed by atoms with Crippen molar-refractivity contribution in [3.63, 3.8) is 0 Å². The van der Waals surface area contributed by atoms with E-state index in [0.29, 0.717) is 12.2 Å². The average Bonchev–Trinajstić information content (AvgIpc) is 2.30. The molecule has 0 aromatic heterocycles. The molecule has 1 aromatic rings. The Morgan fingerprint density at radius 1 is 1.29 bits per heavy atom. The first-order valence-corrected chi connectivity index (χ1v) is 5.49. The SMILES string of the molecule is CC[C@H](N)COCc1ccccc1OC(F)F. The summed E-state index contributed by atoms with van der Waals surface area (Å²) < 4.78 is 34.0. The topological polar surface area (TPSA) is 44.5 Å². The summed E-state index contributed by atoms with van der Waals surface area (Å²) in [5.74, 6) is 0.146. The fraction of sp³-hybridized carbons (Fsp3) is 0.500. The van der Waals surface area contributed by atoms with Crippen molar-refractivity contribution in [3.8, 4) is 5.75 Å². The molecule has 0 unspecified atom stereocenters. The molecule has 0 saturated heterocycles. The first kappa shape index (κ1) is 13.9. The molecule has 96 valence electrons. The first-order chi connectivity index (χ1) is 8.13. The normalized spacial score (nSPS) is 12.8. The van der Waals surface area contributed by atoms with E-state index in [0.717, 1.165) is 6.42 Å². The fourth-order valence-corrected chi connectivity index (χ4v) is 1.27. The van der Waals surface area contributed by atoms with Crippen LogP contribution in [0.5, 0.6) is 5.75 Å². The van der Waals surface area contributed by atoms with E-state index in [1.54, 1.807) is 18.2 Å². The molecular weight excluding hydrogens is 228 g/mol.